The van der Waals surface area contributed by atoms with Crippen molar-refractivity contribution in [3.8, 4) is 5.75 Å². The molecule has 0 aliphatic heterocycles. The molecule has 1 atom stereocenters. The van der Waals surface area contributed by atoms with E-state index in [9.17, 15) is 4.21 Å². The Morgan fingerprint density at radius 3 is 2.88 bits per heavy atom. The molecule has 0 spiro atoms. The molecule has 0 bridgehead atoms. The third-order valence-corrected chi connectivity index (χ3v) is 2.81. The first-order valence-corrected chi connectivity index (χ1v) is 6.15. The lowest BCUT2D eigenvalue weighted by molar-refractivity contribution is 0.458. The van der Waals surface area contributed by atoms with Crippen LogP contribution in [0.1, 0.15) is 5.56 Å². The molecule has 0 amide bonds. The van der Waals surface area contributed by atoms with Crippen molar-refractivity contribution in [2.24, 2.45) is 0 Å². The summed E-state index contributed by atoms with van der Waals surface area (Å²) < 4.78 is 24.0. The van der Waals surface area contributed by atoms with E-state index in [4.69, 9.17) is 8.74 Å². The van der Waals surface area contributed by atoms with E-state index in [1.807, 2.05) is 30.3 Å². The molecule has 1 N–H and O–H groups in total. The minimum atomic E-state index is -2.29. The number of benzene rings is 2. The van der Waals surface area contributed by atoms with E-state index >= 15 is 0 Å². The maximum Gasteiger partial charge on any atom is 0.357 e. The zero-order valence-corrected chi connectivity index (χ0v) is 9.94. The first kappa shape index (κ1) is 11.8. The Morgan fingerprint density at radius 1 is 1.35 bits per heavy atom. The van der Waals surface area contributed by atoms with Gasteiger partial charge in [0.1, 0.15) is 5.75 Å². The van der Waals surface area contributed by atoms with Gasteiger partial charge < -0.3 is 4.18 Å². The molecule has 88 valence electrons. The topological polar surface area (TPSA) is 46.5 Å². The van der Waals surface area contributed by atoms with Crippen LogP contribution in [0.2, 0.25) is 0 Å². The molecule has 0 aromatic heterocycles. The van der Waals surface area contributed by atoms with Gasteiger partial charge in [-0.25, -0.2) is 0 Å². The van der Waals surface area contributed by atoms with Gasteiger partial charge in [-0.1, -0.05) is 30.3 Å². The highest BCUT2D eigenvalue weighted by Crippen LogP contribution is 2.25. The van der Waals surface area contributed by atoms with E-state index < -0.39 is 11.4 Å². The zero-order valence-electron chi connectivity index (χ0n) is 9.13. The van der Waals surface area contributed by atoms with Crippen LogP contribution in [0.3, 0.4) is 0 Å². The van der Waals surface area contributed by atoms with Gasteiger partial charge in [-0.15, -0.1) is 6.58 Å². The Balaban J connectivity index is 2.52. The van der Waals surface area contributed by atoms with Crippen LogP contribution < -0.4 is 4.18 Å². The van der Waals surface area contributed by atoms with Crippen molar-refractivity contribution in [2.75, 3.05) is 0 Å². The van der Waals surface area contributed by atoms with Crippen molar-refractivity contribution >= 4 is 22.1 Å². The number of hydrogen-bond donors (Lipinski definition) is 1. The van der Waals surface area contributed by atoms with E-state index in [0.717, 1.165) is 22.8 Å². The second-order valence-electron chi connectivity index (χ2n) is 3.59. The minimum Gasteiger partial charge on any atom is -0.380 e. The van der Waals surface area contributed by atoms with Crippen LogP contribution in [0.4, 0.5) is 0 Å². The van der Waals surface area contributed by atoms with Crippen LogP contribution in [0.15, 0.2) is 49.1 Å². The molecule has 4 heteroatoms. The number of allylic oxidation sites excluding steroid dienone is 1. The molecule has 0 saturated heterocycles. The van der Waals surface area contributed by atoms with Crippen molar-refractivity contribution in [3.05, 3.63) is 54.6 Å². The predicted molar refractivity (Wildman–Crippen MR) is 69.2 cm³/mol. The van der Waals surface area contributed by atoms with Gasteiger partial charge in [0.25, 0.3) is 0 Å². The Morgan fingerprint density at radius 2 is 2.18 bits per heavy atom. The third-order valence-electron chi connectivity index (χ3n) is 2.48. The lowest BCUT2D eigenvalue weighted by atomic mass is 10.0. The fourth-order valence-electron chi connectivity index (χ4n) is 1.78. The normalized spacial score (nSPS) is 12.3. The molecule has 2 rings (SSSR count). The number of fused-ring (bicyclic) bond motifs is 1. The molecule has 0 saturated carbocycles. The molecule has 1 unspecified atom stereocenters. The number of hydrogen-bond acceptors (Lipinski definition) is 2. The minimum absolute atomic E-state index is 0.384. The smallest absolute Gasteiger partial charge is 0.357 e. The van der Waals surface area contributed by atoms with Crippen LogP contribution in [0.5, 0.6) is 5.75 Å². The van der Waals surface area contributed by atoms with E-state index in [1.165, 1.54) is 0 Å². The summed E-state index contributed by atoms with van der Waals surface area (Å²) in [6, 6.07) is 11.3. The molecule has 0 aliphatic carbocycles. The average molecular weight is 248 g/mol. The SMILES string of the molecule is C=CCc1cccc2ccc(OS(=O)O)cc12. The van der Waals surface area contributed by atoms with Crippen LogP contribution in [-0.4, -0.2) is 8.76 Å². The molecule has 2 aromatic rings. The van der Waals surface area contributed by atoms with E-state index in [-0.39, 0.29) is 0 Å². The molecule has 17 heavy (non-hydrogen) atoms. The van der Waals surface area contributed by atoms with Crippen LogP contribution in [-0.2, 0) is 17.8 Å². The van der Waals surface area contributed by atoms with Gasteiger partial charge >= 0.3 is 11.4 Å². The summed E-state index contributed by atoms with van der Waals surface area (Å²) >= 11 is -2.29. The van der Waals surface area contributed by atoms with Crippen molar-refractivity contribution in [1.29, 1.82) is 0 Å². The molecule has 0 fully saturated rings. The highest BCUT2D eigenvalue weighted by atomic mass is 32.2. The van der Waals surface area contributed by atoms with Gasteiger partial charge in [-0.3, -0.25) is 4.55 Å². The Labute approximate surface area is 102 Å². The zero-order chi connectivity index (χ0) is 12.3. The van der Waals surface area contributed by atoms with Gasteiger partial charge in [0.15, 0.2) is 0 Å². The number of rotatable bonds is 4. The van der Waals surface area contributed by atoms with E-state index in [0.29, 0.717) is 5.75 Å². The van der Waals surface area contributed by atoms with Crippen molar-refractivity contribution in [2.45, 2.75) is 6.42 Å². The quantitative estimate of drug-likeness (QED) is 0.668. The summed E-state index contributed by atoms with van der Waals surface area (Å²) in [5.41, 5.74) is 1.12. The van der Waals surface area contributed by atoms with Gasteiger partial charge in [0, 0.05) is 0 Å². The Kier molecular flexibility index (Phi) is 3.56. The second kappa shape index (κ2) is 5.12. The molecule has 0 aliphatic rings. The van der Waals surface area contributed by atoms with Crippen molar-refractivity contribution in [1.82, 2.24) is 0 Å². The summed E-state index contributed by atoms with van der Waals surface area (Å²) in [5.74, 6) is 0.384. The predicted octanol–water partition coefficient (Wildman–Crippen LogP) is 3.08. The third kappa shape index (κ3) is 2.72. The maximum absolute atomic E-state index is 10.6. The van der Waals surface area contributed by atoms with Gasteiger partial charge in [0.2, 0.25) is 0 Å². The largest absolute Gasteiger partial charge is 0.380 e. The molecule has 3 nitrogen and oxygen atoms in total. The first-order valence-electron chi connectivity index (χ1n) is 5.12. The van der Waals surface area contributed by atoms with Crippen molar-refractivity contribution < 1.29 is 12.9 Å². The summed E-state index contributed by atoms with van der Waals surface area (Å²) in [4.78, 5) is 0. The van der Waals surface area contributed by atoms with Gasteiger partial charge in [-0.2, -0.15) is 4.21 Å². The second-order valence-corrected chi connectivity index (χ2v) is 4.19. The highest BCUT2D eigenvalue weighted by molar-refractivity contribution is 7.74. The molecular weight excluding hydrogens is 236 g/mol. The van der Waals surface area contributed by atoms with Crippen LogP contribution in [0.25, 0.3) is 10.8 Å². The molecular formula is C13H12O3S. The lowest BCUT2D eigenvalue weighted by Crippen LogP contribution is -1.97. The lowest BCUT2D eigenvalue weighted by Gasteiger charge is -2.06. The standard InChI is InChI=1S/C13H12O3S/c1-2-4-10-5-3-6-11-7-8-12(9-13(10)11)16-17(14)15/h2-3,5-9H,1,4H2,(H,14,15). The van der Waals surface area contributed by atoms with Gasteiger partial charge in [-0.05, 0) is 34.9 Å². The summed E-state index contributed by atoms with van der Waals surface area (Å²) in [6.07, 6.45) is 2.58. The highest BCUT2D eigenvalue weighted by Gasteiger charge is 2.03. The molecule has 2 aromatic carbocycles. The summed E-state index contributed by atoms with van der Waals surface area (Å²) in [6.45, 7) is 3.71. The molecule has 0 heterocycles. The summed E-state index contributed by atoms with van der Waals surface area (Å²) in [7, 11) is 0. The van der Waals surface area contributed by atoms with Gasteiger partial charge in [0.05, 0.1) is 0 Å². The van der Waals surface area contributed by atoms with E-state index in [1.54, 1.807) is 12.1 Å². The Hall–Kier alpha value is -1.65. The monoisotopic (exact) mass is 248 g/mol. The first-order chi connectivity index (χ1) is 8.20. The fraction of sp³-hybridized carbons (Fsp3) is 0.0769. The van der Waals surface area contributed by atoms with E-state index in [2.05, 4.69) is 6.58 Å². The van der Waals surface area contributed by atoms with Crippen molar-refractivity contribution in [3.63, 3.8) is 0 Å². The average Bonchev–Trinajstić information content (AvgIpc) is 2.29. The summed E-state index contributed by atoms with van der Waals surface area (Å²) in [5, 5.41) is 2.08. The Bertz CT molecular complexity index is 578. The maximum atomic E-state index is 10.6. The fourth-order valence-corrected chi connectivity index (χ4v) is 2.05. The van der Waals surface area contributed by atoms with Crippen LogP contribution in [0, 0.1) is 0 Å². The molecule has 0 radical (unpaired) electrons. The van der Waals surface area contributed by atoms with Crippen LogP contribution >= 0.6 is 0 Å².